The molecule has 0 heterocycles. The summed E-state index contributed by atoms with van der Waals surface area (Å²) in [4.78, 5) is 11.1. The number of para-hydroxylation sites is 1. The Labute approximate surface area is 121 Å². The molecule has 0 aliphatic carbocycles. The lowest BCUT2D eigenvalue weighted by molar-refractivity contribution is 0.0698. The molecule has 0 bridgehead atoms. The van der Waals surface area contributed by atoms with Gasteiger partial charge in [-0.2, -0.15) is 0 Å². The number of carbonyl (C=O) groups is 1. The third-order valence-electron chi connectivity index (χ3n) is 2.96. The number of aromatic carboxylic acids is 1. The first-order valence-corrected chi connectivity index (χ1v) is 6.19. The average Bonchev–Trinajstić information content (AvgIpc) is 2.43. The Morgan fingerprint density at radius 1 is 1.33 bits per heavy atom. The van der Waals surface area contributed by atoms with Crippen LogP contribution < -0.4 is 11.1 Å². The topological polar surface area (TPSA) is 84.6 Å². The monoisotopic (exact) mass is 290 g/mol. The van der Waals surface area contributed by atoms with Crippen LogP contribution in [-0.4, -0.2) is 18.2 Å². The van der Waals surface area contributed by atoms with E-state index in [0.29, 0.717) is 12.3 Å². The van der Waals surface area contributed by atoms with Gasteiger partial charge in [0.05, 0.1) is 17.9 Å². The fourth-order valence-electron chi connectivity index (χ4n) is 1.94. The molecule has 0 saturated carbocycles. The SMILES string of the molecule is COCc1ccccc1Nc1cc(C(=O)O)c(N)cc1F. The zero-order chi connectivity index (χ0) is 15.4. The average molecular weight is 290 g/mol. The molecule has 0 saturated heterocycles. The maximum absolute atomic E-state index is 13.9. The number of nitrogens with two attached hydrogens (primary N) is 1. The lowest BCUT2D eigenvalue weighted by Gasteiger charge is -2.13. The van der Waals surface area contributed by atoms with E-state index in [1.54, 1.807) is 19.2 Å². The molecule has 0 fully saturated rings. The number of hydrogen-bond donors (Lipinski definition) is 3. The van der Waals surface area contributed by atoms with Crippen molar-refractivity contribution < 1.29 is 19.0 Å². The number of nitrogen functional groups attached to an aromatic ring is 1. The number of methoxy groups -OCH3 is 1. The molecule has 0 aromatic heterocycles. The molecule has 0 radical (unpaired) electrons. The molecule has 2 aromatic carbocycles. The second-order valence-electron chi connectivity index (χ2n) is 4.44. The number of nitrogens with one attached hydrogen (secondary N) is 1. The van der Waals surface area contributed by atoms with Crippen LogP contribution in [0.15, 0.2) is 36.4 Å². The van der Waals surface area contributed by atoms with E-state index in [0.717, 1.165) is 11.6 Å². The van der Waals surface area contributed by atoms with Crippen molar-refractivity contribution in [1.82, 2.24) is 0 Å². The molecule has 5 nitrogen and oxygen atoms in total. The second-order valence-corrected chi connectivity index (χ2v) is 4.44. The number of ether oxygens (including phenoxy) is 1. The molecule has 6 heteroatoms. The number of hydrogen-bond acceptors (Lipinski definition) is 4. The lowest BCUT2D eigenvalue weighted by Crippen LogP contribution is -2.06. The van der Waals surface area contributed by atoms with Gasteiger partial charge < -0.3 is 20.9 Å². The minimum atomic E-state index is -1.21. The Balaban J connectivity index is 2.40. The maximum atomic E-state index is 13.9. The Hall–Kier alpha value is -2.60. The molecule has 2 rings (SSSR count). The van der Waals surface area contributed by atoms with Crippen LogP contribution in [0.25, 0.3) is 0 Å². The van der Waals surface area contributed by atoms with Gasteiger partial charge >= 0.3 is 5.97 Å². The molecule has 0 atom stereocenters. The van der Waals surface area contributed by atoms with E-state index in [9.17, 15) is 9.18 Å². The van der Waals surface area contributed by atoms with Crippen molar-refractivity contribution in [1.29, 1.82) is 0 Å². The van der Waals surface area contributed by atoms with E-state index < -0.39 is 11.8 Å². The largest absolute Gasteiger partial charge is 0.478 e. The first kappa shape index (κ1) is 14.8. The van der Waals surface area contributed by atoms with E-state index in [1.165, 1.54) is 6.07 Å². The minimum Gasteiger partial charge on any atom is -0.478 e. The summed E-state index contributed by atoms with van der Waals surface area (Å²) < 4.78 is 19.0. The summed E-state index contributed by atoms with van der Waals surface area (Å²) in [6.07, 6.45) is 0. The summed E-state index contributed by atoms with van der Waals surface area (Å²) >= 11 is 0. The van der Waals surface area contributed by atoms with Gasteiger partial charge in [0.15, 0.2) is 0 Å². The van der Waals surface area contributed by atoms with Gasteiger partial charge in [0, 0.05) is 24.0 Å². The van der Waals surface area contributed by atoms with Crippen molar-refractivity contribution in [2.24, 2.45) is 0 Å². The van der Waals surface area contributed by atoms with Crippen LogP contribution in [0.4, 0.5) is 21.5 Å². The van der Waals surface area contributed by atoms with Crippen molar-refractivity contribution in [3.63, 3.8) is 0 Å². The first-order valence-electron chi connectivity index (χ1n) is 6.19. The van der Waals surface area contributed by atoms with Crippen molar-refractivity contribution in [3.05, 3.63) is 53.3 Å². The van der Waals surface area contributed by atoms with Crippen LogP contribution in [0.1, 0.15) is 15.9 Å². The highest BCUT2D eigenvalue weighted by Crippen LogP contribution is 2.27. The Kier molecular flexibility index (Phi) is 4.39. The van der Waals surface area contributed by atoms with Crippen LogP contribution in [0, 0.1) is 5.82 Å². The summed E-state index contributed by atoms with van der Waals surface area (Å²) in [6, 6.07) is 9.38. The van der Waals surface area contributed by atoms with Crippen LogP contribution in [-0.2, 0) is 11.3 Å². The van der Waals surface area contributed by atoms with Gasteiger partial charge in [-0.05, 0) is 18.2 Å². The van der Waals surface area contributed by atoms with Gasteiger partial charge in [-0.3, -0.25) is 0 Å². The first-order chi connectivity index (χ1) is 10.0. The van der Waals surface area contributed by atoms with Crippen molar-refractivity contribution >= 4 is 23.0 Å². The summed E-state index contributed by atoms with van der Waals surface area (Å²) in [5, 5.41) is 11.9. The normalized spacial score (nSPS) is 10.4. The third-order valence-corrected chi connectivity index (χ3v) is 2.96. The Bertz CT molecular complexity index is 674. The number of benzene rings is 2. The molecule has 110 valence electrons. The number of rotatable bonds is 5. The van der Waals surface area contributed by atoms with E-state index in [4.69, 9.17) is 15.6 Å². The minimum absolute atomic E-state index is 0.0464. The van der Waals surface area contributed by atoms with Gasteiger partial charge in [-0.25, -0.2) is 9.18 Å². The number of halogens is 1. The fraction of sp³-hybridized carbons (Fsp3) is 0.133. The van der Waals surface area contributed by atoms with Crippen LogP contribution in [0.2, 0.25) is 0 Å². The Morgan fingerprint density at radius 2 is 2.05 bits per heavy atom. The molecule has 0 unspecified atom stereocenters. The molecule has 0 spiro atoms. The highest BCUT2D eigenvalue weighted by Gasteiger charge is 2.14. The van der Waals surface area contributed by atoms with Gasteiger partial charge in [0.2, 0.25) is 0 Å². The quantitative estimate of drug-likeness (QED) is 0.737. The molecular weight excluding hydrogens is 275 g/mol. The van der Waals surface area contributed by atoms with Gasteiger partial charge in [-0.1, -0.05) is 18.2 Å². The van der Waals surface area contributed by atoms with Crippen LogP contribution in [0.5, 0.6) is 0 Å². The number of anilines is 3. The molecular formula is C15H15FN2O3. The second kappa shape index (κ2) is 6.23. The van der Waals surface area contributed by atoms with Gasteiger partial charge in [0.1, 0.15) is 5.82 Å². The summed E-state index contributed by atoms with van der Waals surface area (Å²) in [7, 11) is 1.56. The zero-order valence-corrected chi connectivity index (χ0v) is 11.4. The van der Waals surface area contributed by atoms with Crippen molar-refractivity contribution in [3.8, 4) is 0 Å². The number of carboxylic acid groups (broad SMARTS) is 1. The summed E-state index contributed by atoms with van der Waals surface area (Å²) in [5.74, 6) is -1.83. The number of carboxylic acids is 1. The Morgan fingerprint density at radius 3 is 2.71 bits per heavy atom. The van der Waals surface area contributed by atoms with E-state index >= 15 is 0 Å². The zero-order valence-electron chi connectivity index (χ0n) is 11.4. The van der Waals surface area contributed by atoms with Crippen molar-refractivity contribution in [2.75, 3.05) is 18.2 Å². The molecule has 0 amide bonds. The van der Waals surface area contributed by atoms with Gasteiger partial charge in [-0.15, -0.1) is 0 Å². The van der Waals surface area contributed by atoms with Crippen molar-refractivity contribution in [2.45, 2.75) is 6.61 Å². The van der Waals surface area contributed by atoms with Crippen LogP contribution >= 0.6 is 0 Å². The third kappa shape index (κ3) is 3.29. The summed E-state index contributed by atoms with van der Waals surface area (Å²) in [5.41, 5.74) is 6.74. The molecule has 0 aliphatic rings. The molecule has 2 aromatic rings. The molecule has 0 aliphatic heterocycles. The van der Waals surface area contributed by atoms with E-state index in [2.05, 4.69) is 5.32 Å². The maximum Gasteiger partial charge on any atom is 0.337 e. The predicted octanol–water partition coefficient (Wildman–Crippen LogP) is 3.00. The summed E-state index contributed by atoms with van der Waals surface area (Å²) in [6.45, 7) is 0.353. The van der Waals surface area contributed by atoms with E-state index in [1.807, 2.05) is 12.1 Å². The highest BCUT2D eigenvalue weighted by molar-refractivity contribution is 5.95. The van der Waals surface area contributed by atoms with Gasteiger partial charge in [0.25, 0.3) is 0 Å². The lowest BCUT2D eigenvalue weighted by atomic mass is 10.1. The fourth-order valence-corrected chi connectivity index (χ4v) is 1.94. The standard InChI is InChI=1S/C15H15FN2O3/c1-21-8-9-4-2-3-5-13(9)18-14-6-10(15(19)20)12(17)7-11(14)16/h2-7,18H,8,17H2,1H3,(H,19,20). The predicted molar refractivity (Wildman–Crippen MR) is 78.2 cm³/mol. The van der Waals surface area contributed by atoms with Crippen LogP contribution in [0.3, 0.4) is 0 Å². The highest BCUT2D eigenvalue weighted by atomic mass is 19.1. The molecule has 4 N–H and O–H groups in total. The van der Waals surface area contributed by atoms with E-state index in [-0.39, 0.29) is 16.9 Å². The smallest absolute Gasteiger partial charge is 0.337 e. The molecule has 21 heavy (non-hydrogen) atoms.